The van der Waals surface area contributed by atoms with Crippen molar-refractivity contribution < 1.29 is 52.4 Å². The summed E-state index contributed by atoms with van der Waals surface area (Å²) in [7, 11) is 3.37. The summed E-state index contributed by atoms with van der Waals surface area (Å²) in [5.74, 6) is -4.66. The first kappa shape index (κ1) is 24.9. The number of carbonyl (C=O) groups is 5. The zero-order valence-electron chi connectivity index (χ0n) is 17.9. The summed E-state index contributed by atoms with van der Waals surface area (Å²) < 4.78 is 24.3. The first-order valence-corrected chi connectivity index (χ1v) is 9.32. The quantitative estimate of drug-likeness (QED) is 0.381. The largest absolute Gasteiger partial charge is 0.481 e. The molecule has 0 saturated carbocycles. The van der Waals surface area contributed by atoms with Crippen LogP contribution in [0.2, 0.25) is 0 Å². The number of carboxylic acid groups (broad SMARTS) is 1. The van der Waals surface area contributed by atoms with Crippen molar-refractivity contribution in [3.63, 3.8) is 0 Å². The van der Waals surface area contributed by atoms with Crippen LogP contribution >= 0.6 is 0 Å². The third kappa shape index (κ3) is 6.56. The van der Waals surface area contributed by atoms with Crippen molar-refractivity contribution in [2.45, 2.75) is 12.5 Å². The summed E-state index contributed by atoms with van der Waals surface area (Å²) in [6.07, 6.45) is -0.476. The molecule has 0 aliphatic heterocycles. The molecule has 1 aromatic heterocycles. The van der Waals surface area contributed by atoms with E-state index in [1.807, 2.05) is 0 Å². The highest BCUT2D eigenvalue weighted by molar-refractivity contribution is 6.00. The second kappa shape index (κ2) is 11.3. The van der Waals surface area contributed by atoms with Gasteiger partial charge in [-0.05, 0) is 24.3 Å². The number of benzene rings is 1. The summed E-state index contributed by atoms with van der Waals surface area (Å²) in [6, 6.07) is 5.42. The summed E-state index contributed by atoms with van der Waals surface area (Å²) in [6.45, 7) is -0.540. The second-order valence-electron chi connectivity index (χ2n) is 6.37. The van der Waals surface area contributed by atoms with E-state index in [0.717, 1.165) is 21.3 Å². The Kier molecular flexibility index (Phi) is 8.55. The van der Waals surface area contributed by atoms with Gasteiger partial charge < -0.3 is 33.8 Å². The fourth-order valence-electron chi connectivity index (χ4n) is 2.61. The standard InChI is InChI=1S/C21H21NO11/c1-29-17(23)9-13(21(28)31-3)22-19(25)12-5-4-11(8-16(12)32-10-18(24)30-2)14-6-7-15(33-14)20(26)27/h4-8,13H,9-10H2,1-3H3,(H,22,25)(H,26,27). The van der Waals surface area contributed by atoms with Crippen LogP contribution in [0.15, 0.2) is 34.7 Å². The molecule has 1 aromatic carbocycles. The molecule has 0 saturated heterocycles. The number of rotatable bonds is 10. The summed E-state index contributed by atoms with van der Waals surface area (Å²) in [5, 5.41) is 11.4. The summed E-state index contributed by atoms with van der Waals surface area (Å²) in [5.41, 5.74) is 0.254. The van der Waals surface area contributed by atoms with Crippen molar-refractivity contribution in [3.8, 4) is 17.1 Å². The number of aromatic carboxylic acids is 1. The third-order valence-electron chi connectivity index (χ3n) is 4.29. The first-order chi connectivity index (χ1) is 15.7. The van der Waals surface area contributed by atoms with Gasteiger partial charge in [0.05, 0.1) is 33.3 Å². The molecule has 33 heavy (non-hydrogen) atoms. The zero-order chi connectivity index (χ0) is 24.5. The Morgan fingerprint density at radius 3 is 2.24 bits per heavy atom. The third-order valence-corrected chi connectivity index (χ3v) is 4.29. The predicted octanol–water partition coefficient (Wildman–Crippen LogP) is 1.03. The minimum Gasteiger partial charge on any atom is -0.481 e. The van der Waals surface area contributed by atoms with Crippen LogP contribution in [0.4, 0.5) is 0 Å². The summed E-state index contributed by atoms with van der Waals surface area (Å²) >= 11 is 0. The van der Waals surface area contributed by atoms with Gasteiger partial charge >= 0.3 is 23.9 Å². The van der Waals surface area contributed by atoms with Gasteiger partial charge in [-0.25, -0.2) is 14.4 Å². The number of ether oxygens (including phenoxy) is 4. The minimum atomic E-state index is -1.34. The number of hydrogen-bond donors (Lipinski definition) is 2. The molecule has 0 radical (unpaired) electrons. The van der Waals surface area contributed by atoms with Gasteiger partial charge in [-0.3, -0.25) is 9.59 Å². The molecule has 0 aliphatic carbocycles. The first-order valence-electron chi connectivity index (χ1n) is 9.32. The Hall–Kier alpha value is -4.35. The van der Waals surface area contributed by atoms with E-state index in [2.05, 4.69) is 19.5 Å². The number of furan rings is 1. The maximum absolute atomic E-state index is 12.9. The van der Waals surface area contributed by atoms with Crippen LogP contribution in [0.1, 0.15) is 27.3 Å². The average Bonchev–Trinajstić information content (AvgIpc) is 3.31. The molecular formula is C21H21NO11. The highest BCUT2D eigenvalue weighted by atomic mass is 16.6. The highest BCUT2D eigenvalue weighted by Crippen LogP contribution is 2.29. The number of methoxy groups -OCH3 is 3. The average molecular weight is 463 g/mol. The van der Waals surface area contributed by atoms with Crippen molar-refractivity contribution in [3.05, 3.63) is 41.7 Å². The molecule has 12 nitrogen and oxygen atoms in total. The van der Waals surface area contributed by atoms with Crippen LogP contribution in [0.5, 0.6) is 5.75 Å². The summed E-state index contributed by atoms with van der Waals surface area (Å²) in [4.78, 5) is 59.0. The molecule has 1 heterocycles. The predicted molar refractivity (Wildman–Crippen MR) is 109 cm³/mol. The zero-order valence-corrected chi connectivity index (χ0v) is 17.9. The van der Waals surface area contributed by atoms with Gasteiger partial charge in [-0.1, -0.05) is 6.07 Å². The second-order valence-corrected chi connectivity index (χ2v) is 6.37. The van der Waals surface area contributed by atoms with Crippen molar-refractivity contribution in [2.75, 3.05) is 27.9 Å². The molecule has 0 fully saturated rings. The number of nitrogens with one attached hydrogen (secondary N) is 1. The van der Waals surface area contributed by atoms with Crippen LogP contribution in [0, 0.1) is 0 Å². The van der Waals surface area contributed by atoms with E-state index in [0.29, 0.717) is 5.56 Å². The number of amides is 1. The van der Waals surface area contributed by atoms with Crippen molar-refractivity contribution >= 4 is 29.8 Å². The molecular weight excluding hydrogens is 442 g/mol. The minimum absolute atomic E-state index is 0.0913. The molecule has 2 N–H and O–H groups in total. The maximum Gasteiger partial charge on any atom is 0.371 e. The van der Waals surface area contributed by atoms with Gasteiger partial charge in [0.25, 0.3) is 5.91 Å². The normalized spacial score (nSPS) is 11.1. The van der Waals surface area contributed by atoms with Gasteiger partial charge in [0, 0.05) is 5.56 Å². The Balaban J connectivity index is 2.38. The lowest BCUT2D eigenvalue weighted by Gasteiger charge is -2.17. The van der Waals surface area contributed by atoms with Crippen molar-refractivity contribution in [2.24, 2.45) is 0 Å². The lowest BCUT2D eigenvalue weighted by molar-refractivity contribution is -0.149. The van der Waals surface area contributed by atoms with Crippen molar-refractivity contribution in [1.82, 2.24) is 5.32 Å². The smallest absolute Gasteiger partial charge is 0.371 e. The van der Waals surface area contributed by atoms with Crippen LogP contribution in [0.3, 0.4) is 0 Å². The van der Waals surface area contributed by atoms with Gasteiger partial charge in [-0.2, -0.15) is 0 Å². The molecule has 2 aromatic rings. The fourth-order valence-corrected chi connectivity index (χ4v) is 2.61. The SMILES string of the molecule is COC(=O)COc1cc(-c2ccc(C(=O)O)o2)ccc1C(=O)NC(CC(=O)OC)C(=O)OC. The fraction of sp³-hybridized carbons (Fsp3) is 0.286. The molecule has 12 heteroatoms. The van der Waals surface area contributed by atoms with Crippen molar-refractivity contribution in [1.29, 1.82) is 0 Å². The number of esters is 3. The van der Waals surface area contributed by atoms with Gasteiger partial charge in [-0.15, -0.1) is 0 Å². The van der Waals surface area contributed by atoms with E-state index < -0.39 is 48.9 Å². The molecule has 176 valence electrons. The van der Waals surface area contributed by atoms with Gasteiger partial charge in [0.2, 0.25) is 5.76 Å². The van der Waals surface area contributed by atoms with Crippen LogP contribution in [0.25, 0.3) is 11.3 Å². The Morgan fingerprint density at radius 1 is 0.970 bits per heavy atom. The van der Waals surface area contributed by atoms with Gasteiger partial charge in [0.1, 0.15) is 17.6 Å². The van der Waals surface area contributed by atoms with E-state index >= 15 is 0 Å². The van der Waals surface area contributed by atoms with Crippen LogP contribution in [-0.4, -0.2) is 68.9 Å². The Morgan fingerprint density at radius 2 is 1.67 bits per heavy atom. The van der Waals surface area contributed by atoms with E-state index in [1.165, 1.54) is 30.3 Å². The monoisotopic (exact) mass is 463 g/mol. The molecule has 2 rings (SSSR count). The number of carbonyl (C=O) groups excluding carboxylic acids is 4. The van der Waals surface area contributed by atoms with E-state index in [1.54, 1.807) is 0 Å². The molecule has 1 amide bonds. The lowest BCUT2D eigenvalue weighted by atomic mass is 10.1. The van der Waals surface area contributed by atoms with E-state index in [9.17, 15) is 24.0 Å². The molecule has 1 unspecified atom stereocenters. The van der Waals surface area contributed by atoms with E-state index in [-0.39, 0.29) is 22.8 Å². The maximum atomic E-state index is 12.9. The molecule has 0 spiro atoms. The molecule has 0 aliphatic rings. The lowest BCUT2D eigenvalue weighted by Crippen LogP contribution is -2.43. The van der Waals surface area contributed by atoms with Gasteiger partial charge in [0.15, 0.2) is 6.61 Å². The number of carboxylic acids is 1. The highest BCUT2D eigenvalue weighted by Gasteiger charge is 2.27. The molecule has 0 bridgehead atoms. The Bertz CT molecular complexity index is 1060. The Labute approximate surface area is 187 Å². The van der Waals surface area contributed by atoms with Crippen LogP contribution < -0.4 is 10.1 Å². The topological polar surface area (TPSA) is 168 Å². The molecule has 1 atom stereocenters. The number of hydrogen-bond acceptors (Lipinski definition) is 10. The van der Waals surface area contributed by atoms with E-state index in [4.69, 9.17) is 14.3 Å². The van der Waals surface area contributed by atoms with Crippen LogP contribution in [-0.2, 0) is 28.6 Å².